The number of amides is 1. The van der Waals surface area contributed by atoms with Gasteiger partial charge in [-0.05, 0) is 19.8 Å². The highest BCUT2D eigenvalue weighted by molar-refractivity contribution is 5.78. The van der Waals surface area contributed by atoms with Crippen molar-refractivity contribution in [3.8, 4) is 11.4 Å². The van der Waals surface area contributed by atoms with Gasteiger partial charge >= 0.3 is 0 Å². The second-order valence-electron chi connectivity index (χ2n) is 5.01. The third kappa shape index (κ3) is 2.12. The summed E-state index contributed by atoms with van der Waals surface area (Å²) >= 11 is 0. The van der Waals surface area contributed by atoms with Crippen LogP contribution < -0.4 is 5.73 Å². The van der Waals surface area contributed by atoms with Crippen LogP contribution in [-0.4, -0.2) is 16.0 Å². The molecule has 1 aliphatic rings. The van der Waals surface area contributed by atoms with Gasteiger partial charge in [0.2, 0.25) is 17.6 Å². The van der Waals surface area contributed by atoms with Gasteiger partial charge in [0.1, 0.15) is 0 Å². The summed E-state index contributed by atoms with van der Waals surface area (Å²) in [6, 6.07) is 7.91. The first-order valence-electron chi connectivity index (χ1n) is 6.35. The molecule has 1 amide bonds. The second-order valence-corrected chi connectivity index (χ2v) is 5.01. The summed E-state index contributed by atoms with van der Waals surface area (Å²) in [5, 5.41) is 3.97. The maximum atomic E-state index is 11.2. The van der Waals surface area contributed by atoms with Crippen molar-refractivity contribution < 1.29 is 9.32 Å². The number of carbonyl (C=O) groups is 1. The first kappa shape index (κ1) is 11.9. The molecule has 0 bridgehead atoms. The van der Waals surface area contributed by atoms with E-state index in [4.69, 9.17) is 10.3 Å². The fourth-order valence-electron chi connectivity index (χ4n) is 2.34. The average Bonchev–Trinajstić information content (AvgIpc) is 2.77. The Labute approximate surface area is 110 Å². The van der Waals surface area contributed by atoms with Crippen LogP contribution >= 0.6 is 0 Å². The molecule has 3 rings (SSSR count). The van der Waals surface area contributed by atoms with Crippen LogP contribution in [0.25, 0.3) is 11.4 Å². The summed E-state index contributed by atoms with van der Waals surface area (Å²) in [4.78, 5) is 15.6. The number of rotatable bonds is 3. The highest BCUT2D eigenvalue weighted by Gasteiger charge is 2.40. The van der Waals surface area contributed by atoms with E-state index in [0.717, 1.165) is 18.4 Å². The number of aryl methyl sites for hydroxylation is 1. The SMILES string of the molecule is Cc1ccc(-c2noc(C3CCC3C(N)=O)n2)cc1. The van der Waals surface area contributed by atoms with Crippen molar-refractivity contribution in [2.45, 2.75) is 25.7 Å². The Hall–Kier alpha value is -2.17. The lowest BCUT2D eigenvalue weighted by Crippen LogP contribution is -2.36. The van der Waals surface area contributed by atoms with E-state index in [9.17, 15) is 4.79 Å². The molecule has 2 N–H and O–H groups in total. The third-order valence-electron chi connectivity index (χ3n) is 3.71. The van der Waals surface area contributed by atoms with Gasteiger partial charge < -0.3 is 10.3 Å². The molecule has 1 aromatic carbocycles. The van der Waals surface area contributed by atoms with E-state index in [0.29, 0.717) is 11.7 Å². The Balaban J connectivity index is 1.84. The first-order valence-corrected chi connectivity index (χ1v) is 6.35. The van der Waals surface area contributed by atoms with Gasteiger partial charge in [-0.2, -0.15) is 4.98 Å². The van der Waals surface area contributed by atoms with Gasteiger partial charge in [-0.3, -0.25) is 4.79 Å². The Morgan fingerprint density at radius 2 is 2.05 bits per heavy atom. The molecular weight excluding hydrogens is 242 g/mol. The molecule has 98 valence electrons. The van der Waals surface area contributed by atoms with E-state index in [2.05, 4.69) is 10.1 Å². The quantitative estimate of drug-likeness (QED) is 0.912. The van der Waals surface area contributed by atoms with Gasteiger partial charge in [-0.25, -0.2) is 0 Å². The summed E-state index contributed by atoms with van der Waals surface area (Å²) in [7, 11) is 0. The number of nitrogens with zero attached hydrogens (tertiary/aromatic N) is 2. The van der Waals surface area contributed by atoms with Crippen molar-refractivity contribution in [1.29, 1.82) is 0 Å². The van der Waals surface area contributed by atoms with Crippen LogP contribution in [0.1, 0.15) is 30.2 Å². The topological polar surface area (TPSA) is 82.0 Å². The number of carbonyl (C=O) groups excluding carboxylic acids is 1. The molecule has 1 fully saturated rings. The highest BCUT2D eigenvalue weighted by Crippen LogP contribution is 2.41. The van der Waals surface area contributed by atoms with E-state index in [1.807, 2.05) is 31.2 Å². The molecule has 19 heavy (non-hydrogen) atoms. The van der Waals surface area contributed by atoms with Crippen LogP contribution in [-0.2, 0) is 4.79 Å². The van der Waals surface area contributed by atoms with E-state index >= 15 is 0 Å². The maximum absolute atomic E-state index is 11.2. The smallest absolute Gasteiger partial charge is 0.230 e. The molecule has 1 aromatic heterocycles. The first-order chi connectivity index (χ1) is 9.15. The molecule has 2 aromatic rings. The van der Waals surface area contributed by atoms with Crippen LogP contribution in [0.2, 0.25) is 0 Å². The van der Waals surface area contributed by atoms with Crippen molar-refractivity contribution in [1.82, 2.24) is 10.1 Å². The predicted octanol–water partition coefficient (Wildman–Crippen LogP) is 2.02. The summed E-state index contributed by atoms with van der Waals surface area (Å²) < 4.78 is 5.26. The minimum Gasteiger partial charge on any atom is -0.369 e. The number of hydrogen-bond donors (Lipinski definition) is 1. The van der Waals surface area contributed by atoms with Crippen LogP contribution in [0.4, 0.5) is 0 Å². The van der Waals surface area contributed by atoms with Crippen LogP contribution in [0.15, 0.2) is 28.8 Å². The van der Waals surface area contributed by atoms with Gasteiger partial charge in [0.25, 0.3) is 0 Å². The summed E-state index contributed by atoms with van der Waals surface area (Å²) in [5.41, 5.74) is 7.42. The van der Waals surface area contributed by atoms with Crippen molar-refractivity contribution in [2.75, 3.05) is 0 Å². The van der Waals surface area contributed by atoms with Gasteiger partial charge in [-0.1, -0.05) is 35.0 Å². The molecule has 0 aliphatic heterocycles. The standard InChI is InChI=1S/C14H15N3O2/c1-8-2-4-9(5-3-8)13-16-14(19-17-13)11-7-6-10(11)12(15)18/h2-5,10-11H,6-7H2,1H3,(H2,15,18). The molecule has 5 nitrogen and oxygen atoms in total. The molecule has 2 unspecified atom stereocenters. The monoisotopic (exact) mass is 257 g/mol. The Morgan fingerprint density at radius 1 is 1.32 bits per heavy atom. The molecule has 0 saturated heterocycles. The number of nitrogens with two attached hydrogens (primary N) is 1. The highest BCUT2D eigenvalue weighted by atomic mass is 16.5. The lowest BCUT2D eigenvalue weighted by molar-refractivity contribution is -0.125. The third-order valence-corrected chi connectivity index (χ3v) is 3.71. The molecule has 1 heterocycles. The number of aromatic nitrogens is 2. The fraction of sp³-hybridized carbons (Fsp3) is 0.357. The molecule has 0 spiro atoms. The zero-order valence-corrected chi connectivity index (χ0v) is 10.7. The lowest BCUT2D eigenvalue weighted by atomic mass is 9.73. The summed E-state index contributed by atoms with van der Waals surface area (Å²) in [5.74, 6) is 0.623. The molecule has 1 aliphatic carbocycles. The number of benzene rings is 1. The molecule has 1 saturated carbocycles. The summed E-state index contributed by atoms with van der Waals surface area (Å²) in [6.45, 7) is 2.03. The van der Waals surface area contributed by atoms with E-state index < -0.39 is 0 Å². The summed E-state index contributed by atoms with van der Waals surface area (Å²) in [6.07, 6.45) is 1.69. The minimum atomic E-state index is -0.286. The van der Waals surface area contributed by atoms with E-state index in [1.165, 1.54) is 5.56 Å². The average molecular weight is 257 g/mol. The zero-order valence-electron chi connectivity index (χ0n) is 10.7. The van der Waals surface area contributed by atoms with Gasteiger partial charge in [0, 0.05) is 11.5 Å². The Bertz CT molecular complexity index is 603. The normalized spacial score (nSPS) is 21.9. The van der Waals surface area contributed by atoms with Gasteiger partial charge in [0.05, 0.1) is 5.92 Å². The van der Waals surface area contributed by atoms with E-state index in [1.54, 1.807) is 0 Å². The van der Waals surface area contributed by atoms with Crippen LogP contribution in [0.5, 0.6) is 0 Å². The van der Waals surface area contributed by atoms with Crippen molar-refractivity contribution in [2.24, 2.45) is 11.7 Å². The zero-order chi connectivity index (χ0) is 13.4. The second kappa shape index (κ2) is 4.50. The van der Waals surface area contributed by atoms with Crippen molar-refractivity contribution in [3.05, 3.63) is 35.7 Å². The molecule has 5 heteroatoms. The van der Waals surface area contributed by atoms with Crippen LogP contribution in [0, 0.1) is 12.8 Å². The Kier molecular flexibility index (Phi) is 2.81. The fourth-order valence-corrected chi connectivity index (χ4v) is 2.34. The predicted molar refractivity (Wildman–Crippen MR) is 69.1 cm³/mol. The van der Waals surface area contributed by atoms with Crippen LogP contribution in [0.3, 0.4) is 0 Å². The molecule has 0 radical (unpaired) electrons. The maximum Gasteiger partial charge on any atom is 0.230 e. The van der Waals surface area contributed by atoms with Crippen molar-refractivity contribution >= 4 is 5.91 Å². The number of primary amides is 1. The molecular formula is C14H15N3O2. The number of hydrogen-bond acceptors (Lipinski definition) is 4. The van der Waals surface area contributed by atoms with Crippen molar-refractivity contribution in [3.63, 3.8) is 0 Å². The minimum absolute atomic E-state index is 0.0100. The molecule has 2 atom stereocenters. The van der Waals surface area contributed by atoms with Gasteiger partial charge in [0.15, 0.2) is 0 Å². The Morgan fingerprint density at radius 3 is 2.63 bits per heavy atom. The van der Waals surface area contributed by atoms with Gasteiger partial charge in [-0.15, -0.1) is 0 Å². The van der Waals surface area contributed by atoms with E-state index in [-0.39, 0.29) is 17.7 Å². The lowest BCUT2D eigenvalue weighted by Gasteiger charge is -2.30. The largest absolute Gasteiger partial charge is 0.369 e.